The van der Waals surface area contributed by atoms with Crippen molar-refractivity contribution in [3.63, 3.8) is 0 Å². The molecule has 0 fully saturated rings. The highest BCUT2D eigenvalue weighted by Gasteiger charge is 2.27. The summed E-state index contributed by atoms with van der Waals surface area (Å²) in [6, 6.07) is 15.2. The van der Waals surface area contributed by atoms with Crippen molar-refractivity contribution in [3.8, 4) is 0 Å². The van der Waals surface area contributed by atoms with E-state index in [1.54, 1.807) is 12.1 Å². The molecule has 0 saturated heterocycles. The topological polar surface area (TPSA) is 81.2 Å². The summed E-state index contributed by atoms with van der Waals surface area (Å²) in [5.41, 5.74) is 9.75. The van der Waals surface area contributed by atoms with Crippen LogP contribution in [0.4, 0.5) is 5.69 Å². The van der Waals surface area contributed by atoms with Crippen LogP contribution in [0.1, 0.15) is 35.2 Å². The third-order valence-electron chi connectivity index (χ3n) is 3.96. The molecule has 1 aliphatic rings. The SMILES string of the molecule is NC1CC(NCc2ccc([N+](=O)[O-])cc2)c2ccccc21. The molecule has 2 atom stereocenters. The van der Waals surface area contributed by atoms with Crippen molar-refractivity contribution in [2.45, 2.75) is 25.0 Å². The van der Waals surface area contributed by atoms with Crippen LogP contribution in [-0.2, 0) is 6.54 Å². The Balaban J connectivity index is 1.67. The summed E-state index contributed by atoms with van der Waals surface area (Å²) in [4.78, 5) is 10.2. The molecule has 3 N–H and O–H groups in total. The number of nitro benzene ring substituents is 1. The molecule has 0 amide bonds. The zero-order valence-corrected chi connectivity index (χ0v) is 11.5. The van der Waals surface area contributed by atoms with E-state index >= 15 is 0 Å². The fourth-order valence-corrected chi connectivity index (χ4v) is 2.84. The van der Waals surface area contributed by atoms with E-state index in [1.807, 2.05) is 12.1 Å². The lowest BCUT2D eigenvalue weighted by Crippen LogP contribution is -2.19. The van der Waals surface area contributed by atoms with Crippen LogP contribution in [0.3, 0.4) is 0 Å². The van der Waals surface area contributed by atoms with E-state index in [0.717, 1.165) is 12.0 Å². The van der Waals surface area contributed by atoms with Crippen LogP contribution in [0.2, 0.25) is 0 Å². The van der Waals surface area contributed by atoms with Gasteiger partial charge in [0.15, 0.2) is 0 Å². The highest BCUT2D eigenvalue weighted by molar-refractivity contribution is 5.37. The van der Waals surface area contributed by atoms with E-state index < -0.39 is 0 Å². The molecule has 2 aromatic carbocycles. The molecule has 0 radical (unpaired) electrons. The third kappa shape index (κ3) is 2.79. The maximum Gasteiger partial charge on any atom is 0.269 e. The van der Waals surface area contributed by atoms with Crippen molar-refractivity contribution < 1.29 is 4.92 Å². The molecule has 21 heavy (non-hydrogen) atoms. The summed E-state index contributed by atoms with van der Waals surface area (Å²) in [6.07, 6.45) is 0.881. The minimum Gasteiger partial charge on any atom is -0.324 e. The second-order valence-electron chi connectivity index (χ2n) is 5.33. The molecular formula is C16H17N3O2. The highest BCUT2D eigenvalue weighted by atomic mass is 16.6. The lowest BCUT2D eigenvalue weighted by molar-refractivity contribution is -0.384. The first-order valence-electron chi connectivity index (χ1n) is 6.96. The Labute approximate surface area is 122 Å². The number of non-ortho nitro benzene ring substituents is 1. The molecular weight excluding hydrogens is 266 g/mol. The summed E-state index contributed by atoms with van der Waals surface area (Å²) in [6.45, 7) is 0.670. The Kier molecular flexibility index (Phi) is 3.68. The van der Waals surface area contributed by atoms with Gasteiger partial charge in [0.2, 0.25) is 0 Å². The lowest BCUT2D eigenvalue weighted by atomic mass is 10.1. The normalized spacial score (nSPS) is 20.2. The summed E-state index contributed by atoms with van der Waals surface area (Å²) < 4.78 is 0. The van der Waals surface area contributed by atoms with E-state index in [2.05, 4.69) is 17.4 Å². The number of benzene rings is 2. The number of hydrogen-bond acceptors (Lipinski definition) is 4. The molecule has 3 rings (SSSR count). The van der Waals surface area contributed by atoms with Gasteiger partial charge in [-0.1, -0.05) is 36.4 Å². The first kappa shape index (κ1) is 13.7. The smallest absolute Gasteiger partial charge is 0.269 e. The molecule has 0 bridgehead atoms. The van der Waals surface area contributed by atoms with Crippen molar-refractivity contribution in [3.05, 3.63) is 75.3 Å². The van der Waals surface area contributed by atoms with Gasteiger partial charge in [-0.15, -0.1) is 0 Å². The standard InChI is InChI=1S/C16H17N3O2/c17-15-9-16(14-4-2-1-3-13(14)15)18-10-11-5-7-12(8-6-11)19(20)21/h1-8,15-16,18H,9-10,17H2. The van der Waals surface area contributed by atoms with Crippen molar-refractivity contribution in [2.24, 2.45) is 5.73 Å². The maximum atomic E-state index is 10.6. The number of fused-ring (bicyclic) bond motifs is 1. The molecule has 0 aromatic heterocycles. The lowest BCUT2D eigenvalue weighted by Gasteiger charge is -2.14. The van der Waals surface area contributed by atoms with Gasteiger partial charge in [0, 0.05) is 30.8 Å². The van der Waals surface area contributed by atoms with Crippen LogP contribution < -0.4 is 11.1 Å². The van der Waals surface area contributed by atoms with Crippen molar-refractivity contribution >= 4 is 5.69 Å². The second kappa shape index (κ2) is 5.63. The number of nitrogens with one attached hydrogen (secondary N) is 1. The van der Waals surface area contributed by atoms with E-state index in [0.29, 0.717) is 6.54 Å². The Morgan fingerprint density at radius 3 is 2.48 bits per heavy atom. The molecule has 0 saturated carbocycles. The fraction of sp³-hybridized carbons (Fsp3) is 0.250. The third-order valence-corrected chi connectivity index (χ3v) is 3.96. The second-order valence-corrected chi connectivity index (χ2v) is 5.33. The van der Waals surface area contributed by atoms with Gasteiger partial charge < -0.3 is 11.1 Å². The quantitative estimate of drug-likeness (QED) is 0.667. The van der Waals surface area contributed by atoms with Gasteiger partial charge in [0.1, 0.15) is 0 Å². The monoisotopic (exact) mass is 283 g/mol. The van der Waals surface area contributed by atoms with Crippen LogP contribution in [0.15, 0.2) is 48.5 Å². The summed E-state index contributed by atoms with van der Waals surface area (Å²) in [5.74, 6) is 0. The molecule has 5 nitrogen and oxygen atoms in total. The summed E-state index contributed by atoms with van der Waals surface area (Å²) in [7, 11) is 0. The van der Waals surface area contributed by atoms with Crippen molar-refractivity contribution in [1.29, 1.82) is 0 Å². The Morgan fingerprint density at radius 1 is 1.14 bits per heavy atom. The Hall–Kier alpha value is -2.24. The van der Waals surface area contributed by atoms with Crippen LogP contribution >= 0.6 is 0 Å². The van der Waals surface area contributed by atoms with E-state index in [4.69, 9.17) is 5.73 Å². The highest BCUT2D eigenvalue weighted by Crippen LogP contribution is 2.37. The Morgan fingerprint density at radius 2 is 1.81 bits per heavy atom. The molecule has 1 aliphatic carbocycles. The molecule has 108 valence electrons. The van der Waals surface area contributed by atoms with Gasteiger partial charge in [0.25, 0.3) is 5.69 Å². The minimum absolute atomic E-state index is 0.0792. The molecule has 0 heterocycles. The minimum atomic E-state index is -0.385. The van der Waals surface area contributed by atoms with Crippen molar-refractivity contribution in [1.82, 2.24) is 5.32 Å². The number of rotatable bonds is 4. The van der Waals surface area contributed by atoms with Gasteiger partial charge in [-0.05, 0) is 23.1 Å². The summed E-state index contributed by atoms with van der Waals surface area (Å²) >= 11 is 0. The predicted octanol–water partition coefficient (Wildman–Crippen LogP) is 2.83. The number of nitro groups is 1. The van der Waals surface area contributed by atoms with Crippen LogP contribution in [-0.4, -0.2) is 4.92 Å². The zero-order valence-electron chi connectivity index (χ0n) is 11.5. The van der Waals surface area contributed by atoms with E-state index in [1.165, 1.54) is 23.3 Å². The molecule has 2 aromatic rings. The molecule has 5 heteroatoms. The van der Waals surface area contributed by atoms with Crippen LogP contribution in [0, 0.1) is 10.1 Å². The van der Waals surface area contributed by atoms with E-state index in [9.17, 15) is 10.1 Å². The number of nitrogens with zero attached hydrogens (tertiary/aromatic N) is 1. The van der Waals surface area contributed by atoms with Gasteiger partial charge in [0.05, 0.1) is 4.92 Å². The molecule has 0 spiro atoms. The largest absolute Gasteiger partial charge is 0.324 e. The van der Waals surface area contributed by atoms with Gasteiger partial charge in [-0.3, -0.25) is 10.1 Å². The first-order chi connectivity index (χ1) is 10.1. The molecule has 2 unspecified atom stereocenters. The molecule has 0 aliphatic heterocycles. The fourth-order valence-electron chi connectivity index (χ4n) is 2.84. The zero-order chi connectivity index (χ0) is 14.8. The maximum absolute atomic E-state index is 10.6. The van der Waals surface area contributed by atoms with Gasteiger partial charge in [-0.2, -0.15) is 0 Å². The predicted molar refractivity (Wildman–Crippen MR) is 80.7 cm³/mol. The number of hydrogen-bond donors (Lipinski definition) is 2. The van der Waals surface area contributed by atoms with Gasteiger partial charge in [-0.25, -0.2) is 0 Å². The van der Waals surface area contributed by atoms with Crippen LogP contribution in [0.5, 0.6) is 0 Å². The average Bonchev–Trinajstić information content (AvgIpc) is 2.83. The van der Waals surface area contributed by atoms with Crippen LogP contribution in [0.25, 0.3) is 0 Å². The number of nitrogens with two attached hydrogens (primary N) is 1. The average molecular weight is 283 g/mol. The summed E-state index contributed by atoms with van der Waals surface area (Å²) in [5, 5.41) is 14.1. The van der Waals surface area contributed by atoms with Crippen molar-refractivity contribution in [2.75, 3.05) is 0 Å². The first-order valence-corrected chi connectivity index (χ1v) is 6.96. The Bertz CT molecular complexity index is 655. The van der Waals surface area contributed by atoms with Gasteiger partial charge >= 0.3 is 0 Å². The van der Waals surface area contributed by atoms with E-state index in [-0.39, 0.29) is 22.7 Å².